The fraction of sp³-hybridized carbons (Fsp3) is 0.667. The number of ether oxygens (including phenoxy) is 1. The average molecular weight is 362 g/mol. The molecule has 0 aliphatic carbocycles. The molecule has 1 aromatic rings. The molecule has 1 heterocycles. The summed E-state index contributed by atoms with van der Waals surface area (Å²) in [5, 5.41) is 11.0. The van der Waals surface area contributed by atoms with E-state index in [4.69, 9.17) is 16.3 Å². The summed E-state index contributed by atoms with van der Waals surface area (Å²) in [5.74, 6) is 1.15. The smallest absolute Gasteiger partial charge is 0.120 e. The van der Waals surface area contributed by atoms with Gasteiger partial charge in [0.1, 0.15) is 5.75 Å². The minimum atomic E-state index is -0.224. The van der Waals surface area contributed by atoms with Crippen molar-refractivity contribution in [2.75, 3.05) is 26.2 Å². The number of benzene rings is 1. The van der Waals surface area contributed by atoms with Crippen LogP contribution in [0.3, 0.4) is 0 Å². The van der Waals surface area contributed by atoms with E-state index in [0.29, 0.717) is 17.5 Å². The number of halogens is 2. The Balaban J connectivity index is 0.00000264. The molecule has 0 radical (unpaired) electrons. The molecular formula is C18H29Cl2NO2. The number of aliphatic hydroxyl groups is 1. The Bertz CT molecular complexity index is 445. The predicted molar refractivity (Wildman–Crippen MR) is 98.9 cm³/mol. The minimum Gasteiger partial charge on any atom is -0.494 e. The third-order valence-corrected chi connectivity index (χ3v) is 4.67. The van der Waals surface area contributed by atoms with Gasteiger partial charge in [0.2, 0.25) is 0 Å². The number of rotatable bonds is 8. The summed E-state index contributed by atoms with van der Waals surface area (Å²) < 4.78 is 5.74. The molecule has 132 valence electrons. The Morgan fingerprint density at radius 1 is 1.35 bits per heavy atom. The van der Waals surface area contributed by atoms with Crippen LogP contribution in [0.5, 0.6) is 5.75 Å². The molecule has 1 aromatic carbocycles. The average Bonchev–Trinajstić information content (AvgIpc) is 2.50. The summed E-state index contributed by atoms with van der Waals surface area (Å²) in [6, 6.07) is 7.47. The van der Waals surface area contributed by atoms with E-state index in [1.54, 1.807) is 0 Å². The first-order valence-corrected chi connectivity index (χ1v) is 8.85. The van der Waals surface area contributed by atoms with Crippen LogP contribution in [-0.2, 0) is 0 Å². The SMILES string of the molecule is CCCCCN1CC[C@H](CCOc2cccc(Cl)c2)[C@@H](O)C1.Cl. The molecule has 0 amide bonds. The fourth-order valence-electron chi connectivity index (χ4n) is 3.06. The summed E-state index contributed by atoms with van der Waals surface area (Å²) >= 11 is 5.94. The zero-order valence-corrected chi connectivity index (χ0v) is 15.5. The summed E-state index contributed by atoms with van der Waals surface area (Å²) in [7, 11) is 0. The lowest BCUT2D eigenvalue weighted by Crippen LogP contribution is -2.44. The van der Waals surface area contributed by atoms with Crippen molar-refractivity contribution in [3.8, 4) is 5.75 Å². The minimum absolute atomic E-state index is 0. The molecule has 23 heavy (non-hydrogen) atoms. The summed E-state index contributed by atoms with van der Waals surface area (Å²) in [6.45, 7) is 5.89. The monoisotopic (exact) mass is 361 g/mol. The first kappa shape index (κ1) is 20.6. The van der Waals surface area contributed by atoms with Crippen LogP contribution in [0.1, 0.15) is 39.0 Å². The van der Waals surface area contributed by atoms with Gasteiger partial charge in [-0.2, -0.15) is 0 Å². The highest BCUT2D eigenvalue weighted by molar-refractivity contribution is 6.30. The third-order valence-electron chi connectivity index (χ3n) is 4.44. The molecule has 0 saturated carbocycles. The van der Waals surface area contributed by atoms with E-state index >= 15 is 0 Å². The first-order chi connectivity index (χ1) is 10.7. The first-order valence-electron chi connectivity index (χ1n) is 8.48. The Hall–Kier alpha value is -0.480. The standard InChI is InChI=1S/C18H28ClNO2.ClH/c1-2-3-4-10-20-11-8-15(18(21)14-20)9-12-22-17-7-5-6-16(19)13-17;/h5-7,13,15,18,21H,2-4,8-12,14H2,1H3;1H/t15-,18+;/m1./s1. The third kappa shape index (κ3) is 7.30. The number of hydrogen-bond acceptors (Lipinski definition) is 3. The van der Waals surface area contributed by atoms with Crippen molar-refractivity contribution in [1.82, 2.24) is 4.90 Å². The Kier molecular flexibility index (Phi) is 9.96. The van der Waals surface area contributed by atoms with E-state index in [2.05, 4.69) is 11.8 Å². The quantitative estimate of drug-likeness (QED) is 0.696. The molecule has 1 saturated heterocycles. The molecule has 0 spiro atoms. The molecule has 1 aliphatic rings. The van der Waals surface area contributed by atoms with Crippen molar-refractivity contribution < 1.29 is 9.84 Å². The van der Waals surface area contributed by atoms with E-state index in [1.807, 2.05) is 24.3 Å². The highest BCUT2D eigenvalue weighted by Gasteiger charge is 2.27. The lowest BCUT2D eigenvalue weighted by Gasteiger charge is -2.36. The van der Waals surface area contributed by atoms with Crippen LogP contribution < -0.4 is 4.74 Å². The molecule has 0 bridgehead atoms. The van der Waals surface area contributed by atoms with Gasteiger partial charge in [-0.3, -0.25) is 0 Å². The number of nitrogens with zero attached hydrogens (tertiary/aromatic N) is 1. The second-order valence-electron chi connectivity index (χ2n) is 6.22. The van der Waals surface area contributed by atoms with E-state index in [-0.39, 0.29) is 18.5 Å². The van der Waals surface area contributed by atoms with Crippen molar-refractivity contribution in [1.29, 1.82) is 0 Å². The van der Waals surface area contributed by atoms with Crippen LogP contribution in [0.2, 0.25) is 5.02 Å². The predicted octanol–water partition coefficient (Wildman–Crippen LogP) is 4.40. The largest absolute Gasteiger partial charge is 0.494 e. The number of β-amino-alcohol motifs (C(OH)–C–C–N with tert-alkyl or cyclic N) is 1. The molecule has 0 unspecified atom stereocenters. The van der Waals surface area contributed by atoms with Gasteiger partial charge in [0.15, 0.2) is 0 Å². The van der Waals surface area contributed by atoms with Crippen LogP contribution in [0.15, 0.2) is 24.3 Å². The van der Waals surface area contributed by atoms with E-state index in [0.717, 1.165) is 38.2 Å². The lowest BCUT2D eigenvalue weighted by atomic mass is 9.91. The Morgan fingerprint density at radius 2 is 2.17 bits per heavy atom. The number of piperidine rings is 1. The van der Waals surface area contributed by atoms with Crippen molar-refractivity contribution in [2.45, 2.75) is 45.1 Å². The van der Waals surface area contributed by atoms with Crippen molar-refractivity contribution in [3.63, 3.8) is 0 Å². The maximum atomic E-state index is 10.3. The molecule has 2 rings (SSSR count). The normalized spacial score (nSPS) is 21.7. The number of likely N-dealkylation sites (tertiary alicyclic amines) is 1. The van der Waals surface area contributed by atoms with Crippen molar-refractivity contribution in [3.05, 3.63) is 29.3 Å². The van der Waals surface area contributed by atoms with Crippen LogP contribution in [0, 0.1) is 5.92 Å². The zero-order valence-electron chi connectivity index (χ0n) is 13.9. The zero-order chi connectivity index (χ0) is 15.8. The van der Waals surface area contributed by atoms with E-state index in [1.165, 1.54) is 19.3 Å². The van der Waals surface area contributed by atoms with Gasteiger partial charge < -0.3 is 14.7 Å². The fourth-order valence-corrected chi connectivity index (χ4v) is 3.24. The second-order valence-corrected chi connectivity index (χ2v) is 6.65. The maximum absolute atomic E-state index is 10.3. The van der Waals surface area contributed by atoms with Gasteiger partial charge in [0.25, 0.3) is 0 Å². The molecule has 1 fully saturated rings. The summed E-state index contributed by atoms with van der Waals surface area (Å²) in [6.07, 6.45) is 5.51. The van der Waals surface area contributed by atoms with E-state index < -0.39 is 0 Å². The number of aliphatic hydroxyl groups excluding tert-OH is 1. The highest BCUT2D eigenvalue weighted by atomic mass is 35.5. The number of unbranched alkanes of at least 4 members (excludes halogenated alkanes) is 2. The Labute approximate surface area is 151 Å². The number of hydrogen-bond donors (Lipinski definition) is 1. The molecule has 5 heteroatoms. The van der Waals surface area contributed by atoms with Gasteiger partial charge >= 0.3 is 0 Å². The molecule has 2 atom stereocenters. The van der Waals surface area contributed by atoms with Crippen LogP contribution in [0.25, 0.3) is 0 Å². The molecule has 1 N–H and O–H groups in total. The highest BCUT2D eigenvalue weighted by Crippen LogP contribution is 2.23. The summed E-state index contributed by atoms with van der Waals surface area (Å²) in [4.78, 5) is 2.40. The molecule has 3 nitrogen and oxygen atoms in total. The van der Waals surface area contributed by atoms with Crippen LogP contribution in [-0.4, -0.2) is 42.4 Å². The van der Waals surface area contributed by atoms with Gasteiger partial charge in [-0.1, -0.05) is 37.4 Å². The van der Waals surface area contributed by atoms with Gasteiger partial charge in [0, 0.05) is 11.6 Å². The van der Waals surface area contributed by atoms with Gasteiger partial charge in [-0.25, -0.2) is 0 Å². The molecular weight excluding hydrogens is 333 g/mol. The van der Waals surface area contributed by atoms with Crippen LogP contribution in [0.4, 0.5) is 0 Å². The van der Waals surface area contributed by atoms with Gasteiger partial charge in [-0.15, -0.1) is 12.4 Å². The summed E-state index contributed by atoms with van der Waals surface area (Å²) in [5.41, 5.74) is 0. The second kappa shape index (κ2) is 11.1. The molecule has 1 aliphatic heterocycles. The Morgan fingerprint density at radius 3 is 2.87 bits per heavy atom. The van der Waals surface area contributed by atoms with Crippen molar-refractivity contribution >= 4 is 24.0 Å². The lowest BCUT2D eigenvalue weighted by molar-refractivity contribution is 0.0129. The topological polar surface area (TPSA) is 32.7 Å². The van der Waals surface area contributed by atoms with Crippen molar-refractivity contribution in [2.24, 2.45) is 5.92 Å². The van der Waals surface area contributed by atoms with Crippen LogP contribution >= 0.6 is 24.0 Å². The van der Waals surface area contributed by atoms with Gasteiger partial charge in [-0.05, 0) is 56.5 Å². The maximum Gasteiger partial charge on any atom is 0.120 e. The van der Waals surface area contributed by atoms with E-state index in [9.17, 15) is 5.11 Å². The van der Waals surface area contributed by atoms with Gasteiger partial charge in [0.05, 0.1) is 12.7 Å². The molecule has 0 aromatic heterocycles.